The van der Waals surface area contributed by atoms with Gasteiger partial charge in [0.05, 0.1) is 17.3 Å². The third-order valence-electron chi connectivity index (χ3n) is 5.87. The number of carbonyl (C=O) groups is 1. The molecule has 1 fully saturated rings. The summed E-state index contributed by atoms with van der Waals surface area (Å²) in [7, 11) is 1.70. The van der Waals surface area contributed by atoms with Crippen LogP contribution in [0.4, 0.5) is 0 Å². The van der Waals surface area contributed by atoms with Crippen molar-refractivity contribution in [1.29, 1.82) is 0 Å². The molecule has 1 aliphatic heterocycles. The van der Waals surface area contributed by atoms with Crippen molar-refractivity contribution < 1.29 is 19.4 Å². The van der Waals surface area contributed by atoms with Crippen LogP contribution < -0.4 is 4.74 Å². The Hall–Kier alpha value is -3.72. The van der Waals surface area contributed by atoms with Crippen molar-refractivity contribution in [2.75, 3.05) is 6.61 Å². The molecule has 176 valence electrons. The summed E-state index contributed by atoms with van der Waals surface area (Å²) in [4.78, 5) is 20.7. The van der Waals surface area contributed by atoms with E-state index in [1.54, 1.807) is 36.1 Å². The predicted molar refractivity (Wildman–Crippen MR) is 127 cm³/mol. The molecule has 5 rings (SSSR count). The minimum absolute atomic E-state index is 0.0405. The molecular formula is C25H27N5O4. The minimum Gasteiger partial charge on any atom is -0.491 e. The highest BCUT2D eigenvalue weighted by Crippen LogP contribution is 2.34. The van der Waals surface area contributed by atoms with Gasteiger partial charge in [0.15, 0.2) is 12.1 Å². The summed E-state index contributed by atoms with van der Waals surface area (Å²) in [5, 5.41) is 15.2. The van der Waals surface area contributed by atoms with Crippen LogP contribution >= 0.6 is 0 Å². The Kier molecular flexibility index (Phi) is 5.79. The van der Waals surface area contributed by atoms with Gasteiger partial charge in [-0.3, -0.25) is 0 Å². The molecule has 1 unspecified atom stereocenters. The smallest absolute Gasteiger partial charge is 0.352 e. The molecule has 0 bridgehead atoms. The van der Waals surface area contributed by atoms with Gasteiger partial charge in [-0.1, -0.05) is 0 Å². The van der Waals surface area contributed by atoms with Gasteiger partial charge in [-0.15, -0.1) is 0 Å². The summed E-state index contributed by atoms with van der Waals surface area (Å²) in [6.45, 7) is 4.69. The van der Waals surface area contributed by atoms with Crippen molar-refractivity contribution in [3.05, 3.63) is 48.4 Å². The van der Waals surface area contributed by atoms with E-state index in [9.17, 15) is 9.90 Å². The Morgan fingerprint density at radius 2 is 2.09 bits per heavy atom. The van der Waals surface area contributed by atoms with E-state index in [4.69, 9.17) is 19.6 Å². The minimum atomic E-state index is -0.988. The largest absolute Gasteiger partial charge is 0.491 e. The lowest BCUT2D eigenvalue weighted by atomic mass is 10.1. The molecule has 1 saturated heterocycles. The van der Waals surface area contributed by atoms with E-state index in [-0.39, 0.29) is 18.0 Å². The monoisotopic (exact) mass is 461 g/mol. The molecule has 4 heterocycles. The summed E-state index contributed by atoms with van der Waals surface area (Å²) in [6.07, 6.45) is 6.34. The average Bonchev–Trinajstić information content (AvgIpc) is 3.40. The van der Waals surface area contributed by atoms with Gasteiger partial charge < -0.3 is 19.1 Å². The molecule has 1 atom stereocenters. The molecular weight excluding hydrogens is 434 g/mol. The first-order valence-electron chi connectivity index (χ1n) is 11.4. The summed E-state index contributed by atoms with van der Waals surface area (Å²) in [6, 6.07) is 9.29. The molecule has 1 aliphatic rings. The van der Waals surface area contributed by atoms with Crippen LogP contribution in [0.15, 0.2) is 42.7 Å². The molecule has 9 heteroatoms. The first-order chi connectivity index (χ1) is 16.4. The molecule has 3 aromatic heterocycles. The van der Waals surface area contributed by atoms with Crippen molar-refractivity contribution in [3.8, 4) is 28.5 Å². The number of hydrogen-bond donors (Lipinski definition) is 1. The van der Waals surface area contributed by atoms with Crippen molar-refractivity contribution in [2.24, 2.45) is 7.05 Å². The fourth-order valence-corrected chi connectivity index (χ4v) is 4.32. The van der Waals surface area contributed by atoms with Crippen LogP contribution in [0.1, 0.15) is 49.8 Å². The number of carboxylic acid groups (broad SMARTS) is 1. The highest BCUT2D eigenvalue weighted by molar-refractivity contribution is 5.93. The zero-order valence-corrected chi connectivity index (χ0v) is 19.4. The standard InChI is InChI=1S/C25H27N5O4/c1-15(2)34-17-7-8-20-18(13-17)23(28-30(20)22-6-4-5-11-33-22)24-26-10-9-19(27-24)16-12-21(25(31)32)29(3)14-16/h7-10,12-15,22H,4-6,11H2,1-3H3,(H,31,32). The summed E-state index contributed by atoms with van der Waals surface area (Å²) < 4.78 is 15.4. The molecule has 0 aliphatic carbocycles. The number of aryl methyl sites for hydroxylation is 1. The van der Waals surface area contributed by atoms with Crippen molar-refractivity contribution in [2.45, 2.75) is 45.4 Å². The number of nitrogens with zero attached hydrogens (tertiary/aromatic N) is 5. The summed E-state index contributed by atoms with van der Waals surface area (Å²) in [5.74, 6) is 0.218. The third-order valence-corrected chi connectivity index (χ3v) is 5.87. The average molecular weight is 462 g/mol. The maximum absolute atomic E-state index is 11.5. The van der Waals surface area contributed by atoms with Crippen LogP contribution in [-0.2, 0) is 11.8 Å². The summed E-state index contributed by atoms with van der Waals surface area (Å²) >= 11 is 0. The van der Waals surface area contributed by atoms with Crippen LogP contribution in [-0.4, -0.2) is 48.1 Å². The molecule has 0 amide bonds. The fraction of sp³-hybridized carbons (Fsp3) is 0.360. The van der Waals surface area contributed by atoms with Gasteiger partial charge in [-0.05, 0) is 63.4 Å². The highest BCUT2D eigenvalue weighted by atomic mass is 16.5. The van der Waals surface area contributed by atoms with Crippen LogP contribution in [0, 0.1) is 0 Å². The third kappa shape index (κ3) is 4.14. The van der Waals surface area contributed by atoms with Crippen LogP contribution in [0.3, 0.4) is 0 Å². The SMILES string of the molecule is CC(C)Oc1ccc2c(c1)c(-c1nccc(-c3cc(C(=O)O)n(C)c3)n1)nn2C1CCCCO1. The topological polar surface area (TPSA) is 104 Å². The van der Waals surface area contributed by atoms with Gasteiger partial charge in [-0.25, -0.2) is 19.4 Å². The lowest BCUT2D eigenvalue weighted by Gasteiger charge is -2.23. The van der Waals surface area contributed by atoms with Crippen LogP contribution in [0.25, 0.3) is 33.7 Å². The molecule has 1 N–H and O–H groups in total. The first kappa shape index (κ1) is 22.1. The number of hydrogen-bond acceptors (Lipinski definition) is 6. The number of fused-ring (bicyclic) bond motifs is 1. The first-order valence-corrected chi connectivity index (χ1v) is 11.4. The highest BCUT2D eigenvalue weighted by Gasteiger charge is 2.23. The number of aromatic carboxylic acids is 1. The maximum Gasteiger partial charge on any atom is 0.352 e. The van der Waals surface area contributed by atoms with Crippen molar-refractivity contribution in [1.82, 2.24) is 24.3 Å². The Morgan fingerprint density at radius 3 is 2.79 bits per heavy atom. The predicted octanol–water partition coefficient (Wildman–Crippen LogP) is 4.68. The number of rotatable bonds is 6. The molecule has 4 aromatic rings. The lowest BCUT2D eigenvalue weighted by Crippen LogP contribution is -2.19. The van der Waals surface area contributed by atoms with Gasteiger partial charge in [0.25, 0.3) is 0 Å². The second kappa shape index (κ2) is 8.90. The van der Waals surface area contributed by atoms with Gasteiger partial charge in [0.2, 0.25) is 0 Å². The fourth-order valence-electron chi connectivity index (χ4n) is 4.32. The van der Waals surface area contributed by atoms with E-state index in [2.05, 4.69) is 4.98 Å². The lowest BCUT2D eigenvalue weighted by molar-refractivity contribution is -0.0365. The van der Waals surface area contributed by atoms with Crippen LogP contribution in [0.5, 0.6) is 5.75 Å². The Labute approximate surface area is 197 Å². The molecule has 1 aromatic carbocycles. The Morgan fingerprint density at radius 1 is 1.24 bits per heavy atom. The van der Waals surface area contributed by atoms with E-state index in [1.165, 1.54) is 0 Å². The van der Waals surface area contributed by atoms with Gasteiger partial charge in [0.1, 0.15) is 17.1 Å². The summed E-state index contributed by atoms with van der Waals surface area (Å²) in [5.41, 5.74) is 3.08. The van der Waals surface area contributed by atoms with Gasteiger partial charge in [0, 0.05) is 37.0 Å². The van der Waals surface area contributed by atoms with Gasteiger partial charge >= 0.3 is 5.97 Å². The second-order valence-electron chi connectivity index (χ2n) is 8.76. The number of carboxylic acids is 1. The zero-order chi connectivity index (χ0) is 23.8. The normalized spacial score (nSPS) is 16.3. The molecule has 0 radical (unpaired) electrons. The van der Waals surface area contributed by atoms with Gasteiger partial charge in [-0.2, -0.15) is 5.10 Å². The Bertz CT molecular complexity index is 1350. The van der Waals surface area contributed by atoms with Crippen LogP contribution in [0.2, 0.25) is 0 Å². The number of ether oxygens (including phenoxy) is 2. The number of benzene rings is 1. The number of aromatic nitrogens is 5. The van der Waals surface area contributed by atoms with Crippen molar-refractivity contribution in [3.63, 3.8) is 0 Å². The molecule has 9 nitrogen and oxygen atoms in total. The van der Waals surface area contributed by atoms with Crippen molar-refractivity contribution >= 4 is 16.9 Å². The molecule has 0 saturated carbocycles. The Balaban J connectivity index is 1.63. The maximum atomic E-state index is 11.5. The van der Waals surface area contributed by atoms with E-state index in [1.807, 2.05) is 36.7 Å². The van der Waals surface area contributed by atoms with E-state index < -0.39 is 5.97 Å². The zero-order valence-electron chi connectivity index (χ0n) is 19.4. The van der Waals surface area contributed by atoms with E-state index >= 15 is 0 Å². The van der Waals surface area contributed by atoms with E-state index in [0.29, 0.717) is 29.4 Å². The molecule has 34 heavy (non-hydrogen) atoms. The van der Waals surface area contributed by atoms with E-state index in [0.717, 1.165) is 35.9 Å². The molecule has 0 spiro atoms. The quantitative estimate of drug-likeness (QED) is 0.444. The second-order valence-corrected chi connectivity index (χ2v) is 8.76.